The number of hydrogen-bond acceptors (Lipinski definition) is 6. The molecule has 0 saturated carbocycles. The van der Waals surface area contributed by atoms with Gasteiger partial charge in [-0.1, -0.05) is 0 Å². The average Bonchev–Trinajstić information content (AvgIpc) is 3.20. The number of aromatic nitrogens is 1. The van der Waals surface area contributed by atoms with E-state index in [0.29, 0.717) is 36.1 Å². The molecule has 2 aliphatic rings. The summed E-state index contributed by atoms with van der Waals surface area (Å²) in [5, 5.41) is 6.15. The number of nitrogens with zero attached hydrogens (tertiary/aromatic N) is 1. The molecule has 7 nitrogen and oxygen atoms in total. The number of anilines is 2. The predicted molar refractivity (Wildman–Crippen MR) is 97.1 cm³/mol. The fraction of sp³-hybridized carbons (Fsp3) is 0.368. The lowest BCUT2D eigenvalue weighted by atomic mass is 10.2. The molecule has 1 amide bonds. The van der Waals surface area contributed by atoms with Gasteiger partial charge in [-0.3, -0.25) is 9.78 Å². The maximum absolute atomic E-state index is 12.5. The number of amides is 1. The van der Waals surface area contributed by atoms with Gasteiger partial charge in [-0.2, -0.15) is 0 Å². The van der Waals surface area contributed by atoms with E-state index in [0.717, 1.165) is 31.7 Å². The Bertz CT molecular complexity index is 790. The molecule has 1 saturated heterocycles. The van der Waals surface area contributed by atoms with Gasteiger partial charge in [-0.05, 0) is 37.1 Å². The Morgan fingerprint density at radius 3 is 2.81 bits per heavy atom. The SMILES string of the molecule is O=C(Nc1ccc2c(c1)OCCO2)c1cc(NCC2CCCO2)ccn1. The van der Waals surface area contributed by atoms with Crippen molar-refractivity contribution in [3.05, 3.63) is 42.2 Å². The molecule has 4 rings (SSSR count). The molecule has 0 aliphatic carbocycles. The summed E-state index contributed by atoms with van der Waals surface area (Å²) in [4.78, 5) is 16.7. The zero-order valence-corrected chi connectivity index (χ0v) is 14.4. The minimum Gasteiger partial charge on any atom is -0.486 e. The molecule has 26 heavy (non-hydrogen) atoms. The summed E-state index contributed by atoms with van der Waals surface area (Å²) < 4.78 is 16.6. The van der Waals surface area contributed by atoms with Crippen LogP contribution in [0.4, 0.5) is 11.4 Å². The van der Waals surface area contributed by atoms with Crippen LogP contribution in [0.2, 0.25) is 0 Å². The number of nitrogens with one attached hydrogen (secondary N) is 2. The van der Waals surface area contributed by atoms with Gasteiger partial charge in [0.2, 0.25) is 0 Å². The van der Waals surface area contributed by atoms with Crippen LogP contribution in [0, 0.1) is 0 Å². The summed E-state index contributed by atoms with van der Waals surface area (Å²) in [5.41, 5.74) is 1.83. The fourth-order valence-electron chi connectivity index (χ4n) is 3.02. The molecule has 2 N–H and O–H groups in total. The monoisotopic (exact) mass is 355 g/mol. The standard InChI is InChI=1S/C19H21N3O4/c23-19(22-14-3-4-17-18(11-14)26-9-8-25-17)16-10-13(5-6-20-16)21-12-15-2-1-7-24-15/h3-6,10-11,15H,1-2,7-9,12H2,(H,20,21)(H,22,23). The van der Waals surface area contributed by atoms with Crippen LogP contribution in [0.25, 0.3) is 0 Å². The van der Waals surface area contributed by atoms with Crippen molar-refractivity contribution in [2.24, 2.45) is 0 Å². The van der Waals surface area contributed by atoms with E-state index in [9.17, 15) is 4.79 Å². The van der Waals surface area contributed by atoms with Gasteiger partial charge in [0.25, 0.3) is 5.91 Å². The van der Waals surface area contributed by atoms with Crippen molar-refractivity contribution in [1.82, 2.24) is 4.98 Å². The normalized spacial score (nSPS) is 18.4. The van der Waals surface area contributed by atoms with E-state index >= 15 is 0 Å². The van der Waals surface area contributed by atoms with E-state index in [1.54, 1.807) is 30.5 Å². The molecule has 1 fully saturated rings. The molecule has 0 bridgehead atoms. The second-order valence-electron chi connectivity index (χ2n) is 6.26. The Kier molecular flexibility index (Phi) is 4.88. The Morgan fingerprint density at radius 1 is 1.08 bits per heavy atom. The molecule has 1 aromatic carbocycles. The van der Waals surface area contributed by atoms with Crippen LogP contribution < -0.4 is 20.1 Å². The first kappa shape index (κ1) is 16.7. The van der Waals surface area contributed by atoms with Crippen molar-refractivity contribution < 1.29 is 19.0 Å². The lowest BCUT2D eigenvalue weighted by molar-refractivity contribution is 0.102. The molecule has 2 aromatic rings. The van der Waals surface area contributed by atoms with Crippen molar-refractivity contribution >= 4 is 17.3 Å². The zero-order chi connectivity index (χ0) is 17.8. The molecule has 1 unspecified atom stereocenters. The lowest BCUT2D eigenvalue weighted by Crippen LogP contribution is -2.19. The summed E-state index contributed by atoms with van der Waals surface area (Å²) in [6.07, 6.45) is 4.02. The topological polar surface area (TPSA) is 81.7 Å². The second kappa shape index (κ2) is 7.61. The van der Waals surface area contributed by atoms with Crippen LogP contribution >= 0.6 is 0 Å². The second-order valence-corrected chi connectivity index (χ2v) is 6.26. The number of benzene rings is 1. The summed E-state index contributed by atoms with van der Waals surface area (Å²) in [6.45, 7) is 2.60. The van der Waals surface area contributed by atoms with Crippen LogP contribution in [0.1, 0.15) is 23.3 Å². The van der Waals surface area contributed by atoms with Crippen LogP contribution in [0.3, 0.4) is 0 Å². The Balaban J connectivity index is 1.40. The van der Waals surface area contributed by atoms with Gasteiger partial charge in [0.15, 0.2) is 11.5 Å². The number of hydrogen-bond donors (Lipinski definition) is 2. The zero-order valence-electron chi connectivity index (χ0n) is 14.4. The first-order chi connectivity index (χ1) is 12.8. The van der Waals surface area contributed by atoms with Gasteiger partial charge in [-0.15, -0.1) is 0 Å². The van der Waals surface area contributed by atoms with E-state index in [4.69, 9.17) is 14.2 Å². The third-order valence-corrected chi connectivity index (χ3v) is 4.35. The van der Waals surface area contributed by atoms with E-state index < -0.39 is 0 Å². The molecular formula is C19H21N3O4. The summed E-state index contributed by atoms with van der Waals surface area (Å²) in [6, 6.07) is 8.91. The smallest absolute Gasteiger partial charge is 0.274 e. The number of rotatable bonds is 5. The average molecular weight is 355 g/mol. The van der Waals surface area contributed by atoms with Crippen molar-refractivity contribution in [2.75, 3.05) is 37.0 Å². The highest BCUT2D eigenvalue weighted by molar-refractivity contribution is 6.03. The summed E-state index contributed by atoms with van der Waals surface area (Å²) >= 11 is 0. The number of fused-ring (bicyclic) bond motifs is 1. The molecule has 136 valence electrons. The minimum absolute atomic E-state index is 0.234. The van der Waals surface area contributed by atoms with Gasteiger partial charge in [0, 0.05) is 36.8 Å². The maximum atomic E-state index is 12.5. The highest BCUT2D eigenvalue weighted by Gasteiger charge is 2.16. The molecular weight excluding hydrogens is 334 g/mol. The van der Waals surface area contributed by atoms with E-state index in [2.05, 4.69) is 15.6 Å². The Morgan fingerprint density at radius 2 is 1.96 bits per heavy atom. The third-order valence-electron chi connectivity index (χ3n) is 4.35. The van der Waals surface area contributed by atoms with Gasteiger partial charge in [0.05, 0.1) is 6.10 Å². The molecule has 3 heterocycles. The highest BCUT2D eigenvalue weighted by Crippen LogP contribution is 2.32. The van der Waals surface area contributed by atoms with E-state index in [1.165, 1.54) is 0 Å². The van der Waals surface area contributed by atoms with E-state index in [-0.39, 0.29) is 12.0 Å². The van der Waals surface area contributed by atoms with Gasteiger partial charge in [0.1, 0.15) is 18.9 Å². The molecule has 0 spiro atoms. The van der Waals surface area contributed by atoms with Crippen molar-refractivity contribution in [2.45, 2.75) is 18.9 Å². The summed E-state index contributed by atoms with van der Waals surface area (Å²) in [5.74, 6) is 1.05. The van der Waals surface area contributed by atoms with Gasteiger partial charge >= 0.3 is 0 Å². The fourth-order valence-corrected chi connectivity index (χ4v) is 3.02. The minimum atomic E-state index is -0.276. The van der Waals surface area contributed by atoms with Crippen LogP contribution in [-0.4, -0.2) is 43.4 Å². The van der Waals surface area contributed by atoms with Crippen LogP contribution in [-0.2, 0) is 4.74 Å². The van der Waals surface area contributed by atoms with Crippen molar-refractivity contribution in [3.8, 4) is 11.5 Å². The van der Waals surface area contributed by atoms with Crippen molar-refractivity contribution in [3.63, 3.8) is 0 Å². The Labute approximate surface area is 151 Å². The maximum Gasteiger partial charge on any atom is 0.274 e. The Hall–Kier alpha value is -2.80. The molecule has 1 aromatic heterocycles. The van der Waals surface area contributed by atoms with Gasteiger partial charge in [-0.25, -0.2) is 0 Å². The molecule has 2 aliphatic heterocycles. The number of carbonyl (C=O) groups excluding carboxylic acids is 1. The third kappa shape index (κ3) is 3.88. The number of ether oxygens (including phenoxy) is 3. The molecule has 7 heteroatoms. The number of pyridine rings is 1. The van der Waals surface area contributed by atoms with E-state index in [1.807, 2.05) is 6.07 Å². The number of carbonyl (C=O) groups is 1. The summed E-state index contributed by atoms with van der Waals surface area (Å²) in [7, 11) is 0. The lowest BCUT2D eigenvalue weighted by Gasteiger charge is -2.19. The highest BCUT2D eigenvalue weighted by atomic mass is 16.6. The van der Waals surface area contributed by atoms with Crippen LogP contribution in [0.5, 0.6) is 11.5 Å². The first-order valence-corrected chi connectivity index (χ1v) is 8.80. The quantitative estimate of drug-likeness (QED) is 0.858. The first-order valence-electron chi connectivity index (χ1n) is 8.80. The molecule has 1 atom stereocenters. The van der Waals surface area contributed by atoms with Gasteiger partial charge < -0.3 is 24.8 Å². The predicted octanol–water partition coefficient (Wildman–Crippen LogP) is 2.70. The van der Waals surface area contributed by atoms with Crippen molar-refractivity contribution in [1.29, 1.82) is 0 Å². The largest absolute Gasteiger partial charge is 0.486 e. The molecule has 0 radical (unpaired) electrons. The van der Waals surface area contributed by atoms with Crippen LogP contribution in [0.15, 0.2) is 36.5 Å².